The standard InChI is InChI=1S/C20H23F4NOS/c1-3-16(26-15-9-7-8-14(21)12-15)17-13(2)25-18(27-17)19(20(22,23)24)10-5-4-6-11-19/h7-9,12,16H,3-6,10-11H2,1-2H3. The van der Waals surface area contributed by atoms with E-state index in [-0.39, 0.29) is 17.8 Å². The van der Waals surface area contributed by atoms with Gasteiger partial charge in [0.2, 0.25) is 0 Å². The van der Waals surface area contributed by atoms with Crippen molar-refractivity contribution in [2.45, 2.75) is 70.1 Å². The number of halogens is 4. The number of hydrogen-bond donors (Lipinski definition) is 0. The lowest BCUT2D eigenvalue weighted by molar-refractivity contribution is -0.199. The Balaban J connectivity index is 1.94. The highest BCUT2D eigenvalue weighted by Crippen LogP contribution is 2.52. The van der Waals surface area contributed by atoms with Crippen molar-refractivity contribution < 1.29 is 22.3 Å². The van der Waals surface area contributed by atoms with Crippen molar-refractivity contribution in [3.63, 3.8) is 0 Å². The molecule has 0 radical (unpaired) electrons. The predicted molar refractivity (Wildman–Crippen MR) is 97.7 cm³/mol. The van der Waals surface area contributed by atoms with Crippen LogP contribution in [0.1, 0.15) is 67.1 Å². The van der Waals surface area contributed by atoms with E-state index in [1.54, 1.807) is 19.1 Å². The molecule has 2 aromatic rings. The molecule has 0 amide bonds. The number of ether oxygens (including phenoxy) is 1. The van der Waals surface area contributed by atoms with Crippen LogP contribution in [-0.4, -0.2) is 11.2 Å². The molecule has 1 aromatic carbocycles. The first kappa shape index (κ1) is 20.1. The summed E-state index contributed by atoms with van der Waals surface area (Å²) in [5.41, 5.74) is -1.29. The number of rotatable bonds is 5. The van der Waals surface area contributed by atoms with E-state index in [1.807, 2.05) is 6.92 Å². The zero-order chi connectivity index (χ0) is 19.7. The molecule has 2 nitrogen and oxygen atoms in total. The van der Waals surface area contributed by atoms with Crippen LogP contribution in [0.15, 0.2) is 24.3 Å². The fraction of sp³-hybridized carbons (Fsp3) is 0.550. The zero-order valence-corrected chi connectivity index (χ0v) is 16.2. The lowest BCUT2D eigenvalue weighted by atomic mass is 9.74. The lowest BCUT2D eigenvalue weighted by Crippen LogP contribution is -2.43. The Morgan fingerprint density at radius 1 is 1.22 bits per heavy atom. The van der Waals surface area contributed by atoms with E-state index in [9.17, 15) is 17.6 Å². The minimum atomic E-state index is -4.32. The van der Waals surface area contributed by atoms with Crippen LogP contribution in [0.25, 0.3) is 0 Å². The van der Waals surface area contributed by atoms with Gasteiger partial charge in [-0.3, -0.25) is 0 Å². The Morgan fingerprint density at radius 2 is 1.93 bits per heavy atom. The number of nitrogens with zero attached hydrogens (tertiary/aromatic N) is 1. The second-order valence-electron chi connectivity index (χ2n) is 7.08. The van der Waals surface area contributed by atoms with Gasteiger partial charge in [0.05, 0.1) is 10.6 Å². The molecule has 3 rings (SSSR count). The largest absolute Gasteiger partial charge is 0.485 e. The summed E-state index contributed by atoms with van der Waals surface area (Å²) in [5, 5.41) is 0.142. The van der Waals surface area contributed by atoms with Crippen molar-refractivity contribution in [1.82, 2.24) is 4.98 Å². The quantitative estimate of drug-likeness (QED) is 0.509. The molecule has 1 unspecified atom stereocenters. The van der Waals surface area contributed by atoms with E-state index in [0.29, 0.717) is 35.6 Å². The summed E-state index contributed by atoms with van der Waals surface area (Å²) < 4.78 is 61.3. The van der Waals surface area contributed by atoms with E-state index in [2.05, 4.69) is 4.98 Å². The predicted octanol–water partition coefficient (Wildman–Crippen LogP) is 6.88. The Labute approximate surface area is 160 Å². The minimum Gasteiger partial charge on any atom is -0.485 e. The second kappa shape index (κ2) is 7.78. The van der Waals surface area contributed by atoms with Crippen molar-refractivity contribution >= 4 is 11.3 Å². The van der Waals surface area contributed by atoms with E-state index < -0.39 is 23.5 Å². The van der Waals surface area contributed by atoms with Crippen molar-refractivity contribution in [2.75, 3.05) is 0 Å². The fourth-order valence-electron chi connectivity index (χ4n) is 3.71. The molecule has 148 valence electrons. The van der Waals surface area contributed by atoms with Gasteiger partial charge >= 0.3 is 6.18 Å². The van der Waals surface area contributed by atoms with Crippen LogP contribution in [0.5, 0.6) is 5.75 Å². The number of benzene rings is 1. The maximum absolute atomic E-state index is 14.0. The van der Waals surface area contributed by atoms with E-state index in [0.717, 1.165) is 17.8 Å². The summed E-state index contributed by atoms with van der Waals surface area (Å²) >= 11 is 1.10. The molecule has 0 aliphatic heterocycles. The summed E-state index contributed by atoms with van der Waals surface area (Å²) in [7, 11) is 0. The maximum Gasteiger partial charge on any atom is 0.400 e. The lowest BCUT2D eigenvalue weighted by Gasteiger charge is -2.37. The SMILES string of the molecule is CCC(Oc1cccc(F)c1)c1sc(C2(C(F)(F)F)CCCCC2)nc1C. The molecule has 27 heavy (non-hydrogen) atoms. The van der Waals surface area contributed by atoms with Gasteiger partial charge in [-0.25, -0.2) is 9.37 Å². The van der Waals surface area contributed by atoms with Crippen molar-refractivity contribution in [3.8, 4) is 5.75 Å². The number of aromatic nitrogens is 1. The van der Waals surface area contributed by atoms with Gasteiger partial charge in [0.15, 0.2) is 0 Å². The van der Waals surface area contributed by atoms with Gasteiger partial charge in [-0.2, -0.15) is 13.2 Å². The average Bonchev–Trinajstić information content (AvgIpc) is 3.01. The van der Waals surface area contributed by atoms with Crippen LogP contribution < -0.4 is 4.74 Å². The highest BCUT2D eigenvalue weighted by molar-refractivity contribution is 7.12. The van der Waals surface area contributed by atoms with Gasteiger partial charge in [0.1, 0.15) is 28.1 Å². The summed E-state index contributed by atoms with van der Waals surface area (Å²) in [4.78, 5) is 5.03. The molecule has 1 atom stereocenters. The molecule has 0 bridgehead atoms. The summed E-state index contributed by atoms with van der Waals surface area (Å²) in [6.45, 7) is 3.61. The fourth-order valence-corrected chi connectivity index (χ4v) is 5.16. The molecule has 7 heteroatoms. The Kier molecular flexibility index (Phi) is 5.79. The molecule has 1 aliphatic rings. The van der Waals surface area contributed by atoms with Crippen molar-refractivity contribution in [1.29, 1.82) is 0 Å². The van der Waals surface area contributed by atoms with E-state index in [1.165, 1.54) is 12.1 Å². The van der Waals surface area contributed by atoms with E-state index in [4.69, 9.17) is 4.74 Å². The van der Waals surface area contributed by atoms with Crippen LogP contribution in [0.2, 0.25) is 0 Å². The summed E-state index contributed by atoms with van der Waals surface area (Å²) in [6, 6.07) is 5.78. The van der Waals surface area contributed by atoms with Gasteiger partial charge < -0.3 is 4.74 Å². The van der Waals surface area contributed by atoms with Crippen molar-refractivity contribution in [2.24, 2.45) is 0 Å². The third-order valence-corrected chi connectivity index (χ3v) is 6.68. The summed E-state index contributed by atoms with van der Waals surface area (Å²) in [6.07, 6.45) is -2.09. The molecule has 1 saturated carbocycles. The van der Waals surface area contributed by atoms with Crippen LogP contribution in [0.4, 0.5) is 17.6 Å². The maximum atomic E-state index is 14.0. The normalized spacial score (nSPS) is 18.3. The molecule has 1 aromatic heterocycles. The number of alkyl halides is 3. The van der Waals surface area contributed by atoms with Crippen molar-refractivity contribution in [3.05, 3.63) is 45.7 Å². The van der Waals surface area contributed by atoms with Crippen LogP contribution in [0, 0.1) is 12.7 Å². The zero-order valence-electron chi connectivity index (χ0n) is 15.4. The molecule has 0 spiro atoms. The van der Waals surface area contributed by atoms with Gasteiger partial charge in [-0.15, -0.1) is 11.3 Å². The minimum absolute atomic E-state index is 0.0877. The molecule has 1 aliphatic carbocycles. The van der Waals surface area contributed by atoms with Crippen LogP contribution in [0.3, 0.4) is 0 Å². The van der Waals surface area contributed by atoms with Crippen LogP contribution >= 0.6 is 11.3 Å². The Morgan fingerprint density at radius 3 is 2.52 bits per heavy atom. The summed E-state index contributed by atoms with van der Waals surface area (Å²) in [5.74, 6) is -0.0540. The molecular weight excluding hydrogens is 378 g/mol. The smallest absolute Gasteiger partial charge is 0.400 e. The molecular formula is C20H23F4NOS. The van der Waals surface area contributed by atoms with Gasteiger partial charge in [0.25, 0.3) is 0 Å². The molecule has 1 fully saturated rings. The highest BCUT2D eigenvalue weighted by atomic mass is 32.1. The third kappa shape index (κ3) is 3.98. The topological polar surface area (TPSA) is 22.1 Å². The number of thiazole rings is 1. The Hall–Kier alpha value is -1.63. The van der Waals surface area contributed by atoms with Gasteiger partial charge in [-0.05, 0) is 38.3 Å². The number of aryl methyl sites for hydroxylation is 1. The average molecular weight is 401 g/mol. The first-order chi connectivity index (χ1) is 12.8. The Bertz CT molecular complexity index is 781. The van der Waals surface area contributed by atoms with Gasteiger partial charge in [-0.1, -0.05) is 32.3 Å². The molecule has 0 saturated heterocycles. The number of hydrogen-bond acceptors (Lipinski definition) is 3. The first-order valence-corrected chi connectivity index (χ1v) is 10.1. The second-order valence-corrected chi connectivity index (χ2v) is 8.11. The monoisotopic (exact) mass is 401 g/mol. The molecule has 1 heterocycles. The third-order valence-electron chi connectivity index (χ3n) is 5.23. The molecule has 0 N–H and O–H groups in total. The van der Waals surface area contributed by atoms with Crippen LogP contribution in [-0.2, 0) is 5.41 Å². The first-order valence-electron chi connectivity index (χ1n) is 9.23. The van der Waals surface area contributed by atoms with E-state index >= 15 is 0 Å². The van der Waals surface area contributed by atoms with Gasteiger partial charge in [0, 0.05) is 6.07 Å². The highest BCUT2D eigenvalue weighted by Gasteiger charge is 2.57.